The van der Waals surface area contributed by atoms with Crippen LogP contribution in [0.4, 0.5) is 4.79 Å². The summed E-state index contributed by atoms with van der Waals surface area (Å²) in [6, 6.07) is 7.93. The third-order valence-corrected chi connectivity index (χ3v) is 3.92. The van der Waals surface area contributed by atoms with Crippen LogP contribution in [0.3, 0.4) is 0 Å². The van der Waals surface area contributed by atoms with Gasteiger partial charge in [-0.15, -0.1) is 11.8 Å². The van der Waals surface area contributed by atoms with Gasteiger partial charge in [-0.25, -0.2) is 4.79 Å². The highest BCUT2D eigenvalue weighted by Crippen LogP contribution is 2.14. The van der Waals surface area contributed by atoms with Gasteiger partial charge >= 0.3 is 6.03 Å². The summed E-state index contributed by atoms with van der Waals surface area (Å²) in [4.78, 5) is 13.0. The molecule has 0 saturated heterocycles. The third-order valence-electron chi connectivity index (χ3n) is 3.17. The first-order chi connectivity index (χ1) is 9.56. The number of amides is 2. The van der Waals surface area contributed by atoms with Crippen molar-refractivity contribution >= 4 is 17.8 Å². The summed E-state index contributed by atoms with van der Waals surface area (Å²) in [5.41, 5.74) is 1.07. The molecule has 1 atom stereocenters. The van der Waals surface area contributed by atoms with E-state index in [2.05, 4.69) is 10.6 Å². The second-order valence-corrected chi connectivity index (χ2v) is 5.92. The number of carbonyl (C=O) groups excluding carboxylic acids is 1. The van der Waals surface area contributed by atoms with Crippen LogP contribution in [0.5, 0.6) is 0 Å². The number of carbonyl (C=O) groups is 1. The van der Waals surface area contributed by atoms with Crippen LogP contribution in [0.25, 0.3) is 0 Å². The van der Waals surface area contributed by atoms with E-state index in [0.29, 0.717) is 18.9 Å². The molecule has 0 aromatic heterocycles. The molecule has 0 radical (unpaired) electrons. The lowest BCUT2D eigenvalue weighted by molar-refractivity contribution is 0.218. The summed E-state index contributed by atoms with van der Waals surface area (Å²) in [7, 11) is 0. The van der Waals surface area contributed by atoms with Crippen LogP contribution in [-0.2, 0) is 6.54 Å². The smallest absolute Gasteiger partial charge is 0.315 e. The van der Waals surface area contributed by atoms with Gasteiger partial charge in [0.1, 0.15) is 0 Å². The maximum absolute atomic E-state index is 11.8. The average molecular weight is 296 g/mol. The highest BCUT2D eigenvalue weighted by molar-refractivity contribution is 7.98. The minimum absolute atomic E-state index is 0.00105. The molecule has 4 nitrogen and oxygen atoms in total. The zero-order valence-corrected chi connectivity index (χ0v) is 13.2. The van der Waals surface area contributed by atoms with Crippen molar-refractivity contribution in [1.29, 1.82) is 0 Å². The standard InChI is InChI=1S/C15H24N2O2S/c1-11(2)14(8-9-18)17-15(19)16-10-12-4-6-13(20-3)7-5-12/h4-7,11,14,18H,8-10H2,1-3H3,(H2,16,17,19). The number of urea groups is 1. The Morgan fingerprint density at radius 2 is 1.95 bits per heavy atom. The summed E-state index contributed by atoms with van der Waals surface area (Å²) in [6.07, 6.45) is 2.61. The minimum atomic E-state index is -0.189. The van der Waals surface area contributed by atoms with Gasteiger partial charge in [-0.05, 0) is 36.3 Å². The van der Waals surface area contributed by atoms with Crippen LogP contribution < -0.4 is 10.6 Å². The molecule has 0 spiro atoms. The average Bonchev–Trinajstić information content (AvgIpc) is 2.45. The van der Waals surface area contributed by atoms with Crippen molar-refractivity contribution in [2.24, 2.45) is 5.92 Å². The predicted octanol–water partition coefficient (Wildman–Crippen LogP) is 2.61. The number of rotatable bonds is 7. The van der Waals surface area contributed by atoms with Gasteiger partial charge in [0.2, 0.25) is 0 Å². The van der Waals surface area contributed by atoms with E-state index >= 15 is 0 Å². The van der Waals surface area contributed by atoms with Crippen molar-refractivity contribution in [2.75, 3.05) is 12.9 Å². The lowest BCUT2D eigenvalue weighted by Crippen LogP contribution is -2.44. The van der Waals surface area contributed by atoms with Gasteiger partial charge in [-0.1, -0.05) is 26.0 Å². The van der Waals surface area contributed by atoms with Crippen LogP contribution in [-0.4, -0.2) is 30.0 Å². The van der Waals surface area contributed by atoms with Crippen LogP contribution in [0.2, 0.25) is 0 Å². The van der Waals surface area contributed by atoms with Gasteiger partial charge in [0, 0.05) is 24.1 Å². The fraction of sp³-hybridized carbons (Fsp3) is 0.533. The van der Waals surface area contributed by atoms with Gasteiger partial charge in [0.25, 0.3) is 0 Å². The third kappa shape index (κ3) is 5.84. The molecule has 5 heteroatoms. The molecule has 3 N–H and O–H groups in total. The molecule has 0 saturated carbocycles. The normalized spacial score (nSPS) is 12.2. The second-order valence-electron chi connectivity index (χ2n) is 5.04. The Kier molecular flexibility index (Phi) is 7.47. The topological polar surface area (TPSA) is 61.4 Å². The molecule has 1 unspecified atom stereocenters. The van der Waals surface area contributed by atoms with Crippen LogP contribution in [0.1, 0.15) is 25.8 Å². The molecular formula is C15H24N2O2S. The molecule has 0 bridgehead atoms. The monoisotopic (exact) mass is 296 g/mol. The fourth-order valence-electron chi connectivity index (χ4n) is 1.86. The fourth-order valence-corrected chi connectivity index (χ4v) is 2.26. The summed E-state index contributed by atoms with van der Waals surface area (Å²) in [5, 5.41) is 14.7. The Morgan fingerprint density at radius 1 is 1.30 bits per heavy atom. The van der Waals surface area contributed by atoms with Crippen molar-refractivity contribution in [2.45, 2.75) is 37.8 Å². The van der Waals surface area contributed by atoms with Gasteiger partial charge in [-0.2, -0.15) is 0 Å². The van der Waals surface area contributed by atoms with Gasteiger partial charge in [0.15, 0.2) is 0 Å². The summed E-state index contributed by atoms with van der Waals surface area (Å²) >= 11 is 1.70. The van der Waals surface area contributed by atoms with Gasteiger partial charge in [-0.3, -0.25) is 0 Å². The second kappa shape index (κ2) is 8.87. The van der Waals surface area contributed by atoms with Crippen LogP contribution in [0.15, 0.2) is 29.2 Å². The van der Waals surface area contributed by atoms with E-state index in [-0.39, 0.29) is 18.7 Å². The first kappa shape index (κ1) is 16.9. The van der Waals surface area contributed by atoms with Crippen LogP contribution in [0, 0.1) is 5.92 Å². The number of hydrogen-bond acceptors (Lipinski definition) is 3. The van der Waals surface area contributed by atoms with E-state index < -0.39 is 0 Å². The molecule has 1 rings (SSSR count). The van der Waals surface area contributed by atoms with E-state index in [9.17, 15) is 4.79 Å². The van der Waals surface area contributed by atoms with Gasteiger partial charge < -0.3 is 15.7 Å². The van der Waals surface area contributed by atoms with Crippen molar-refractivity contribution in [3.63, 3.8) is 0 Å². The Bertz CT molecular complexity index is 407. The Balaban J connectivity index is 2.41. The first-order valence-electron chi connectivity index (χ1n) is 6.85. The zero-order valence-electron chi connectivity index (χ0n) is 12.3. The number of nitrogens with one attached hydrogen (secondary N) is 2. The zero-order chi connectivity index (χ0) is 15.0. The molecule has 1 aromatic carbocycles. The number of benzene rings is 1. The molecule has 0 aliphatic carbocycles. The van der Waals surface area contributed by atoms with Crippen LogP contribution >= 0.6 is 11.8 Å². The largest absolute Gasteiger partial charge is 0.396 e. The SMILES string of the molecule is CSc1ccc(CNC(=O)NC(CCO)C(C)C)cc1. The Hall–Kier alpha value is -1.20. The quantitative estimate of drug-likeness (QED) is 0.678. The molecule has 0 aliphatic rings. The maximum Gasteiger partial charge on any atom is 0.315 e. The lowest BCUT2D eigenvalue weighted by atomic mass is 10.0. The molecule has 112 valence electrons. The molecule has 2 amide bonds. The van der Waals surface area contributed by atoms with Crippen molar-refractivity contribution in [3.05, 3.63) is 29.8 Å². The molecule has 1 aromatic rings. The predicted molar refractivity (Wildman–Crippen MR) is 83.9 cm³/mol. The number of aliphatic hydroxyl groups excluding tert-OH is 1. The van der Waals surface area contributed by atoms with Gasteiger partial charge in [0.05, 0.1) is 0 Å². The highest BCUT2D eigenvalue weighted by atomic mass is 32.2. The van der Waals surface area contributed by atoms with E-state index in [1.807, 2.05) is 44.4 Å². The van der Waals surface area contributed by atoms with Crippen molar-refractivity contribution in [1.82, 2.24) is 10.6 Å². The molecule has 0 heterocycles. The number of aliphatic hydroxyl groups is 1. The van der Waals surface area contributed by atoms with E-state index in [0.717, 1.165) is 5.56 Å². The summed E-state index contributed by atoms with van der Waals surface area (Å²) in [6.45, 7) is 4.65. The van der Waals surface area contributed by atoms with Crippen molar-refractivity contribution in [3.8, 4) is 0 Å². The number of thioether (sulfide) groups is 1. The lowest BCUT2D eigenvalue weighted by Gasteiger charge is -2.21. The van der Waals surface area contributed by atoms with E-state index in [1.165, 1.54) is 4.90 Å². The van der Waals surface area contributed by atoms with E-state index in [1.54, 1.807) is 11.8 Å². The maximum atomic E-state index is 11.8. The molecular weight excluding hydrogens is 272 g/mol. The summed E-state index contributed by atoms with van der Waals surface area (Å²) in [5.74, 6) is 0.300. The summed E-state index contributed by atoms with van der Waals surface area (Å²) < 4.78 is 0. The molecule has 0 fully saturated rings. The number of hydrogen-bond donors (Lipinski definition) is 3. The van der Waals surface area contributed by atoms with Crippen molar-refractivity contribution < 1.29 is 9.90 Å². The highest BCUT2D eigenvalue weighted by Gasteiger charge is 2.15. The Morgan fingerprint density at radius 3 is 2.45 bits per heavy atom. The first-order valence-corrected chi connectivity index (χ1v) is 8.07. The minimum Gasteiger partial charge on any atom is -0.396 e. The Labute approximate surface area is 125 Å². The molecule has 0 aliphatic heterocycles. The van der Waals surface area contributed by atoms with E-state index in [4.69, 9.17) is 5.11 Å². The molecule has 20 heavy (non-hydrogen) atoms.